The van der Waals surface area contributed by atoms with E-state index in [9.17, 15) is 13.2 Å². The Balaban J connectivity index is 2.14. The topological polar surface area (TPSA) is 24.9 Å². The second-order valence-electron chi connectivity index (χ2n) is 4.34. The van der Waals surface area contributed by atoms with Gasteiger partial charge in [-0.05, 0) is 18.2 Å². The second kappa shape index (κ2) is 6.13. The van der Waals surface area contributed by atoms with Crippen LogP contribution >= 0.6 is 27.3 Å². The van der Waals surface area contributed by atoms with Crippen LogP contribution < -0.4 is 5.32 Å². The average Bonchev–Trinajstić information content (AvgIpc) is 2.88. The maximum absolute atomic E-state index is 12.9. The Hall–Kier alpha value is -1.08. The number of benzene rings is 1. The Labute approximate surface area is 127 Å². The fraction of sp³-hybridized carbons (Fsp3) is 0.308. The number of thiazole rings is 1. The van der Waals surface area contributed by atoms with Gasteiger partial charge in [0, 0.05) is 34.2 Å². The van der Waals surface area contributed by atoms with Gasteiger partial charge >= 0.3 is 6.18 Å². The quantitative estimate of drug-likeness (QED) is 0.812. The van der Waals surface area contributed by atoms with Gasteiger partial charge in [-0.3, -0.25) is 0 Å². The summed E-state index contributed by atoms with van der Waals surface area (Å²) in [5, 5.41) is 5.62. The number of halogens is 4. The molecule has 0 aliphatic heterocycles. The molecule has 1 N–H and O–H groups in total. The molecule has 0 aliphatic rings. The van der Waals surface area contributed by atoms with Gasteiger partial charge in [0.05, 0.1) is 10.6 Å². The zero-order chi connectivity index (χ0) is 14.8. The first kappa shape index (κ1) is 15.3. The first-order valence-corrected chi connectivity index (χ1v) is 7.55. The molecule has 1 unspecified atom stereocenters. The lowest BCUT2D eigenvalue weighted by Crippen LogP contribution is -2.14. The van der Waals surface area contributed by atoms with Crippen LogP contribution in [0.1, 0.15) is 23.4 Å². The minimum Gasteiger partial charge on any atom is -0.384 e. The van der Waals surface area contributed by atoms with Crippen LogP contribution in [-0.4, -0.2) is 11.5 Å². The van der Waals surface area contributed by atoms with E-state index in [0.717, 1.165) is 11.1 Å². The van der Waals surface area contributed by atoms with E-state index in [4.69, 9.17) is 0 Å². The van der Waals surface area contributed by atoms with Crippen molar-refractivity contribution in [2.45, 2.75) is 19.0 Å². The maximum atomic E-state index is 12.9. The van der Waals surface area contributed by atoms with Gasteiger partial charge in [0.15, 0.2) is 0 Å². The van der Waals surface area contributed by atoms with Gasteiger partial charge in [-0.15, -0.1) is 11.3 Å². The predicted molar refractivity (Wildman–Crippen MR) is 78.2 cm³/mol. The number of alkyl halides is 3. The molecule has 7 heteroatoms. The van der Waals surface area contributed by atoms with Crippen molar-refractivity contribution < 1.29 is 13.2 Å². The molecule has 1 heterocycles. The van der Waals surface area contributed by atoms with Crippen molar-refractivity contribution in [3.8, 4) is 0 Å². The number of hydrogen-bond acceptors (Lipinski definition) is 3. The van der Waals surface area contributed by atoms with E-state index in [1.54, 1.807) is 6.20 Å². The molecule has 1 aromatic heterocycles. The highest BCUT2D eigenvalue weighted by Gasteiger charge is 2.33. The van der Waals surface area contributed by atoms with Crippen molar-refractivity contribution in [2.24, 2.45) is 0 Å². The van der Waals surface area contributed by atoms with E-state index in [2.05, 4.69) is 26.2 Å². The lowest BCUT2D eigenvalue weighted by Gasteiger charge is -2.17. The molecule has 0 amide bonds. The molecule has 2 rings (SSSR count). The van der Waals surface area contributed by atoms with Gasteiger partial charge in [0.1, 0.15) is 0 Å². The molecule has 0 fully saturated rings. The molecular formula is C13H12BrF3N2S. The van der Waals surface area contributed by atoms with Crippen LogP contribution in [0.3, 0.4) is 0 Å². The minimum absolute atomic E-state index is 0.0510. The third kappa shape index (κ3) is 3.73. The molecule has 0 saturated carbocycles. The molecule has 2 aromatic rings. The summed E-state index contributed by atoms with van der Waals surface area (Å²) in [5.74, 6) is 0.0510. The number of anilines is 1. The molecule has 1 atom stereocenters. The number of nitrogens with one attached hydrogen (secondary N) is 1. The Morgan fingerprint density at radius 1 is 1.40 bits per heavy atom. The molecule has 0 radical (unpaired) electrons. The van der Waals surface area contributed by atoms with Crippen LogP contribution in [0.4, 0.5) is 18.9 Å². The highest BCUT2D eigenvalue weighted by molar-refractivity contribution is 9.10. The maximum Gasteiger partial charge on any atom is 0.418 e. The van der Waals surface area contributed by atoms with Crippen LogP contribution in [0.2, 0.25) is 0 Å². The zero-order valence-electron chi connectivity index (χ0n) is 10.5. The van der Waals surface area contributed by atoms with E-state index in [1.165, 1.54) is 23.5 Å². The Morgan fingerprint density at radius 3 is 2.75 bits per heavy atom. The zero-order valence-corrected chi connectivity index (χ0v) is 12.9. The van der Waals surface area contributed by atoms with Gasteiger partial charge in [0.25, 0.3) is 0 Å². The largest absolute Gasteiger partial charge is 0.418 e. The smallest absolute Gasteiger partial charge is 0.384 e. The molecule has 2 nitrogen and oxygen atoms in total. The third-order valence-corrected chi connectivity index (χ3v) is 4.26. The van der Waals surface area contributed by atoms with E-state index in [-0.39, 0.29) is 11.6 Å². The van der Waals surface area contributed by atoms with Crippen molar-refractivity contribution in [2.75, 3.05) is 11.9 Å². The average molecular weight is 365 g/mol. The van der Waals surface area contributed by atoms with Gasteiger partial charge < -0.3 is 5.32 Å². The highest BCUT2D eigenvalue weighted by atomic mass is 79.9. The van der Waals surface area contributed by atoms with Crippen molar-refractivity contribution in [1.82, 2.24) is 4.98 Å². The summed E-state index contributed by atoms with van der Waals surface area (Å²) in [5.41, 5.74) is -0.581. The summed E-state index contributed by atoms with van der Waals surface area (Å²) >= 11 is 4.69. The Kier molecular flexibility index (Phi) is 4.70. The van der Waals surface area contributed by atoms with Crippen molar-refractivity contribution in [3.63, 3.8) is 0 Å². The van der Waals surface area contributed by atoms with Crippen molar-refractivity contribution >= 4 is 33.0 Å². The van der Waals surface area contributed by atoms with Crippen LogP contribution in [0.25, 0.3) is 0 Å². The Morgan fingerprint density at radius 2 is 2.15 bits per heavy atom. The fourth-order valence-corrected chi connectivity index (χ4v) is 2.80. The number of nitrogens with zero attached hydrogens (tertiary/aromatic N) is 1. The van der Waals surface area contributed by atoms with Crippen LogP contribution in [0.15, 0.2) is 34.2 Å². The normalized spacial score (nSPS) is 13.2. The van der Waals surface area contributed by atoms with E-state index in [1.807, 2.05) is 12.3 Å². The van der Waals surface area contributed by atoms with E-state index in [0.29, 0.717) is 11.0 Å². The summed E-state index contributed by atoms with van der Waals surface area (Å²) in [6.07, 6.45) is -2.68. The van der Waals surface area contributed by atoms with Gasteiger partial charge in [-0.25, -0.2) is 4.98 Å². The molecule has 0 saturated heterocycles. The summed E-state index contributed by atoms with van der Waals surface area (Å²) < 4.78 is 39.3. The lowest BCUT2D eigenvalue weighted by molar-refractivity contribution is -0.137. The first-order chi connectivity index (χ1) is 9.38. The summed E-state index contributed by atoms with van der Waals surface area (Å²) in [4.78, 5) is 4.16. The Bertz CT molecular complexity index is 569. The minimum atomic E-state index is -4.37. The first-order valence-electron chi connectivity index (χ1n) is 5.88. The van der Waals surface area contributed by atoms with Crippen molar-refractivity contribution in [1.29, 1.82) is 0 Å². The molecule has 0 bridgehead atoms. The van der Waals surface area contributed by atoms with Gasteiger partial charge in [-0.2, -0.15) is 13.2 Å². The summed E-state index contributed by atoms with van der Waals surface area (Å²) in [6.45, 7) is 2.32. The molecule has 20 heavy (non-hydrogen) atoms. The molecule has 1 aromatic carbocycles. The standard InChI is InChI=1S/C13H12BrF3N2S/c1-8(12-18-4-5-20-12)7-19-11-6-9(14)2-3-10(11)13(15,16)17/h2-6,8,19H,7H2,1H3. The SMILES string of the molecule is CC(CNc1cc(Br)ccc1C(F)(F)F)c1nccs1. The number of hydrogen-bond donors (Lipinski definition) is 1. The fourth-order valence-electron chi connectivity index (χ4n) is 1.74. The van der Waals surface area contributed by atoms with Gasteiger partial charge in [-0.1, -0.05) is 22.9 Å². The molecule has 108 valence electrons. The third-order valence-electron chi connectivity index (χ3n) is 2.76. The van der Waals surface area contributed by atoms with Crippen LogP contribution in [-0.2, 0) is 6.18 Å². The molecule has 0 spiro atoms. The highest BCUT2D eigenvalue weighted by Crippen LogP contribution is 2.36. The monoisotopic (exact) mass is 364 g/mol. The van der Waals surface area contributed by atoms with Crippen molar-refractivity contribution in [3.05, 3.63) is 44.8 Å². The lowest BCUT2D eigenvalue weighted by atomic mass is 10.1. The second-order valence-corrected chi connectivity index (χ2v) is 6.18. The summed E-state index contributed by atoms with van der Waals surface area (Å²) in [7, 11) is 0. The summed E-state index contributed by atoms with van der Waals surface area (Å²) in [6, 6.07) is 3.90. The molecule has 0 aliphatic carbocycles. The van der Waals surface area contributed by atoms with E-state index < -0.39 is 11.7 Å². The number of aromatic nitrogens is 1. The molecular weight excluding hydrogens is 353 g/mol. The van der Waals surface area contributed by atoms with Crippen LogP contribution in [0.5, 0.6) is 0 Å². The van der Waals surface area contributed by atoms with Crippen LogP contribution in [0, 0.1) is 0 Å². The van der Waals surface area contributed by atoms with E-state index >= 15 is 0 Å². The number of rotatable bonds is 4. The predicted octanol–water partition coefficient (Wildman–Crippen LogP) is 5.14. The van der Waals surface area contributed by atoms with Gasteiger partial charge in [0.2, 0.25) is 0 Å².